The molecule has 2 heterocycles. The first-order valence-corrected chi connectivity index (χ1v) is 7.65. The molecule has 2 amide bonds. The number of alkyl halides is 3. The summed E-state index contributed by atoms with van der Waals surface area (Å²) in [6, 6.07) is -3.29. The quantitative estimate of drug-likeness (QED) is 0.877. The second-order valence-electron chi connectivity index (χ2n) is 6.96. The lowest BCUT2D eigenvalue weighted by Gasteiger charge is -2.36. The predicted octanol–water partition coefficient (Wildman–Crippen LogP) is 2.25. The van der Waals surface area contributed by atoms with E-state index in [1.165, 1.54) is 11.2 Å². The summed E-state index contributed by atoms with van der Waals surface area (Å²) in [5, 5.41) is 8.46. The molecule has 1 aromatic heterocycles. The first-order valence-electron chi connectivity index (χ1n) is 7.65. The average molecular weight is 349 g/mol. The number of nitrogens with zero attached hydrogens (tertiary/aromatic N) is 3. The highest BCUT2D eigenvalue weighted by Crippen LogP contribution is 2.31. The van der Waals surface area contributed by atoms with Crippen molar-refractivity contribution in [1.82, 2.24) is 25.4 Å². The Kier molecular flexibility index (Phi) is 5.36. The van der Waals surface area contributed by atoms with Crippen LogP contribution in [0.2, 0.25) is 0 Å². The molecule has 1 aliphatic heterocycles. The van der Waals surface area contributed by atoms with E-state index in [1.54, 1.807) is 20.8 Å². The Labute approximate surface area is 138 Å². The third-order valence-corrected chi connectivity index (χ3v) is 3.65. The molecular formula is C14H22F3N5O2. The second kappa shape index (κ2) is 6.96. The van der Waals surface area contributed by atoms with Crippen molar-refractivity contribution in [2.24, 2.45) is 5.41 Å². The van der Waals surface area contributed by atoms with E-state index >= 15 is 0 Å². The maximum Gasteiger partial charge on any atom is 0.408 e. The molecule has 1 saturated heterocycles. The highest BCUT2D eigenvalue weighted by molar-refractivity contribution is 5.75. The summed E-state index contributed by atoms with van der Waals surface area (Å²) in [5.41, 5.74) is -0.581. The van der Waals surface area contributed by atoms with Crippen molar-refractivity contribution in [2.45, 2.75) is 45.5 Å². The molecule has 0 spiro atoms. The molecule has 2 N–H and O–H groups in total. The summed E-state index contributed by atoms with van der Waals surface area (Å²) in [7, 11) is 0. The van der Waals surface area contributed by atoms with Crippen LogP contribution in [0.4, 0.5) is 18.0 Å². The van der Waals surface area contributed by atoms with E-state index in [0.717, 1.165) is 0 Å². The van der Waals surface area contributed by atoms with Gasteiger partial charge in [0.2, 0.25) is 0 Å². The molecule has 24 heavy (non-hydrogen) atoms. The molecule has 7 nitrogen and oxygen atoms in total. The molecule has 0 unspecified atom stereocenters. The van der Waals surface area contributed by atoms with Gasteiger partial charge in [0.1, 0.15) is 24.2 Å². The standard InChI is InChI=1S/C14H22F3N5O2/c1-13(2,3)6-10(14(15,16)17)20-12(23)22-4-5-24-7-9(22)11-18-8-19-21-11/h8-10H,4-7H2,1-3H3,(H,20,23)(H,18,19,21)/t9-,10-/m0/s1. The number of morpholine rings is 1. The van der Waals surface area contributed by atoms with Crippen LogP contribution in [0.3, 0.4) is 0 Å². The molecular weight excluding hydrogens is 327 g/mol. The zero-order valence-corrected chi connectivity index (χ0v) is 13.9. The lowest BCUT2D eigenvalue weighted by atomic mass is 9.88. The van der Waals surface area contributed by atoms with E-state index in [4.69, 9.17) is 4.74 Å². The molecule has 1 fully saturated rings. The number of urea groups is 1. The fourth-order valence-electron chi connectivity index (χ4n) is 2.54. The van der Waals surface area contributed by atoms with Gasteiger partial charge in [-0.1, -0.05) is 20.8 Å². The van der Waals surface area contributed by atoms with Gasteiger partial charge in [0.25, 0.3) is 0 Å². The van der Waals surface area contributed by atoms with Crippen LogP contribution < -0.4 is 5.32 Å². The SMILES string of the molecule is CC(C)(C)C[C@H](NC(=O)N1CCOC[C@H]1c1ncn[nH]1)C(F)(F)F. The lowest BCUT2D eigenvalue weighted by molar-refractivity contribution is -0.160. The maximum absolute atomic E-state index is 13.3. The van der Waals surface area contributed by atoms with Crippen molar-refractivity contribution in [3.05, 3.63) is 12.2 Å². The number of hydrogen-bond donors (Lipinski definition) is 2. The Balaban J connectivity index is 2.12. The Morgan fingerprint density at radius 2 is 2.21 bits per heavy atom. The van der Waals surface area contributed by atoms with E-state index in [2.05, 4.69) is 20.5 Å². The minimum Gasteiger partial charge on any atom is -0.377 e. The van der Waals surface area contributed by atoms with Crippen molar-refractivity contribution < 1.29 is 22.7 Å². The predicted molar refractivity (Wildman–Crippen MR) is 79.1 cm³/mol. The van der Waals surface area contributed by atoms with Crippen LogP contribution in [0.5, 0.6) is 0 Å². The van der Waals surface area contributed by atoms with E-state index in [9.17, 15) is 18.0 Å². The summed E-state index contributed by atoms with van der Waals surface area (Å²) in [6.07, 6.45) is -3.45. The number of hydrogen-bond acceptors (Lipinski definition) is 4. The van der Waals surface area contributed by atoms with Crippen LogP contribution in [0, 0.1) is 5.41 Å². The summed E-state index contributed by atoms with van der Waals surface area (Å²) in [4.78, 5) is 17.7. The summed E-state index contributed by atoms with van der Waals surface area (Å²) in [5.74, 6) is 0.379. The van der Waals surface area contributed by atoms with Gasteiger partial charge in [0.15, 0.2) is 0 Å². The van der Waals surface area contributed by atoms with Crippen LogP contribution in [0.1, 0.15) is 39.1 Å². The monoisotopic (exact) mass is 349 g/mol. The number of nitrogens with one attached hydrogen (secondary N) is 2. The van der Waals surface area contributed by atoms with Gasteiger partial charge < -0.3 is 15.0 Å². The van der Waals surface area contributed by atoms with Crippen LogP contribution in [-0.4, -0.2) is 58.1 Å². The molecule has 0 saturated carbocycles. The van der Waals surface area contributed by atoms with E-state index in [0.29, 0.717) is 5.82 Å². The smallest absolute Gasteiger partial charge is 0.377 e. The fourth-order valence-corrected chi connectivity index (χ4v) is 2.54. The van der Waals surface area contributed by atoms with Crippen molar-refractivity contribution in [3.63, 3.8) is 0 Å². The highest BCUT2D eigenvalue weighted by Gasteiger charge is 2.44. The molecule has 1 aromatic rings. The zero-order chi connectivity index (χ0) is 18.0. The number of aromatic nitrogens is 3. The van der Waals surface area contributed by atoms with Crippen LogP contribution >= 0.6 is 0 Å². The van der Waals surface area contributed by atoms with E-state index in [1.807, 2.05) is 0 Å². The van der Waals surface area contributed by atoms with E-state index < -0.39 is 29.7 Å². The molecule has 2 atom stereocenters. The molecule has 0 aliphatic carbocycles. The molecule has 0 aromatic carbocycles. The van der Waals surface area contributed by atoms with Gasteiger partial charge in [-0.3, -0.25) is 5.10 Å². The first kappa shape index (κ1) is 18.5. The molecule has 0 radical (unpaired) electrons. The van der Waals surface area contributed by atoms with Gasteiger partial charge in [-0.15, -0.1) is 0 Å². The summed E-state index contributed by atoms with van der Waals surface area (Å²) < 4.78 is 45.1. The number of aromatic amines is 1. The highest BCUT2D eigenvalue weighted by atomic mass is 19.4. The second-order valence-corrected chi connectivity index (χ2v) is 6.96. The Hall–Kier alpha value is -1.84. The largest absolute Gasteiger partial charge is 0.408 e. The van der Waals surface area contributed by atoms with Gasteiger partial charge in [-0.05, 0) is 11.8 Å². The Bertz CT molecular complexity index is 542. The number of rotatable bonds is 3. The number of H-pyrrole nitrogens is 1. The van der Waals surface area contributed by atoms with Gasteiger partial charge >= 0.3 is 12.2 Å². The molecule has 10 heteroatoms. The zero-order valence-electron chi connectivity index (χ0n) is 13.9. The van der Waals surface area contributed by atoms with Crippen LogP contribution in [-0.2, 0) is 4.74 Å². The minimum absolute atomic E-state index is 0.151. The average Bonchev–Trinajstić information content (AvgIpc) is 2.98. The van der Waals surface area contributed by atoms with E-state index in [-0.39, 0.29) is 26.2 Å². The van der Waals surface area contributed by atoms with Gasteiger partial charge in [-0.2, -0.15) is 18.3 Å². The number of ether oxygens (including phenoxy) is 1. The van der Waals surface area contributed by atoms with Crippen molar-refractivity contribution in [1.29, 1.82) is 0 Å². The number of carbonyl (C=O) groups is 1. The third kappa shape index (κ3) is 4.83. The Morgan fingerprint density at radius 1 is 1.50 bits per heavy atom. The van der Waals surface area contributed by atoms with Gasteiger partial charge in [0, 0.05) is 6.54 Å². The van der Waals surface area contributed by atoms with Crippen LogP contribution in [0.15, 0.2) is 6.33 Å². The number of amides is 2. The van der Waals surface area contributed by atoms with Crippen LogP contribution in [0.25, 0.3) is 0 Å². The number of carbonyl (C=O) groups excluding carboxylic acids is 1. The maximum atomic E-state index is 13.3. The van der Waals surface area contributed by atoms with Crippen molar-refractivity contribution >= 4 is 6.03 Å². The first-order chi connectivity index (χ1) is 11.1. The summed E-state index contributed by atoms with van der Waals surface area (Å²) >= 11 is 0. The van der Waals surface area contributed by atoms with Crippen molar-refractivity contribution in [3.8, 4) is 0 Å². The Morgan fingerprint density at radius 3 is 2.75 bits per heavy atom. The van der Waals surface area contributed by atoms with Gasteiger partial charge in [-0.25, -0.2) is 9.78 Å². The van der Waals surface area contributed by atoms with Crippen molar-refractivity contribution in [2.75, 3.05) is 19.8 Å². The normalized spacial score (nSPS) is 20.8. The van der Waals surface area contributed by atoms with Gasteiger partial charge in [0.05, 0.1) is 13.2 Å². The third-order valence-electron chi connectivity index (χ3n) is 3.65. The lowest BCUT2D eigenvalue weighted by Crippen LogP contribution is -2.55. The minimum atomic E-state index is -4.52. The molecule has 136 valence electrons. The fraction of sp³-hybridized carbons (Fsp3) is 0.786. The number of halogens is 3. The topological polar surface area (TPSA) is 83.1 Å². The molecule has 2 rings (SSSR count). The molecule has 0 bridgehead atoms. The summed E-state index contributed by atoms with van der Waals surface area (Å²) in [6.45, 7) is 5.68. The molecule has 1 aliphatic rings.